The number of rotatable bonds is 2. The number of fused-ring (bicyclic) bond motifs is 1. The molecular formula is C21H18F2N2O4. The van der Waals surface area contributed by atoms with Crippen molar-refractivity contribution in [2.75, 3.05) is 4.90 Å². The average molecular weight is 400 g/mol. The van der Waals surface area contributed by atoms with Gasteiger partial charge in [-0.25, -0.2) is 8.78 Å². The van der Waals surface area contributed by atoms with Crippen LogP contribution in [-0.2, 0) is 14.3 Å². The first kappa shape index (κ1) is 18.0. The van der Waals surface area contributed by atoms with Crippen LogP contribution >= 0.6 is 0 Å². The molecule has 5 rings (SSSR count). The minimum Gasteiger partial charge on any atom is -0.483 e. The number of hydrogen-bond acceptors (Lipinski definition) is 5. The number of benzene rings is 1. The van der Waals surface area contributed by atoms with E-state index < -0.39 is 36.0 Å². The number of carbonyl (C=O) groups is 2. The molecule has 4 unspecified atom stereocenters. The SMILES string of the molecule is Cc1cc(N2C(=O)C3=C(C(=O)C4CC(F)CCC4O3)C2c2ccccc2F)no1. The Kier molecular flexibility index (Phi) is 4.04. The van der Waals surface area contributed by atoms with Crippen LogP contribution in [0.15, 0.2) is 46.2 Å². The van der Waals surface area contributed by atoms with E-state index in [-0.39, 0.29) is 41.3 Å². The predicted molar refractivity (Wildman–Crippen MR) is 97.0 cm³/mol. The maximum absolute atomic E-state index is 14.7. The Morgan fingerprint density at radius 3 is 2.72 bits per heavy atom. The lowest BCUT2D eigenvalue weighted by molar-refractivity contribution is -0.133. The Morgan fingerprint density at radius 2 is 2.00 bits per heavy atom. The van der Waals surface area contributed by atoms with E-state index in [1.807, 2.05) is 0 Å². The first-order valence-electron chi connectivity index (χ1n) is 9.56. The zero-order valence-corrected chi connectivity index (χ0v) is 15.6. The summed E-state index contributed by atoms with van der Waals surface area (Å²) in [4.78, 5) is 27.8. The smallest absolute Gasteiger partial charge is 0.295 e. The van der Waals surface area contributed by atoms with E-state index >= 15 is 0 Å². The molecule has 0 saturated heterocycles. The lowest BCUT2D eigenvalue weighted by Gasteiger charge is -2.36. The third-order valence-electron chi connectivity index (χ3n) is 5.85. The number of anilines is 1. The van der Waals surface area contributed by atoms with Crippen LogP contribution in [0.3, 0.4) is 0 Å². The molecule has 1 aromatic carbocycles. The summed E-state index contributed by atoms with van der Waals surface area (Å²) in [7, 11) is 0. The van der Waals surface area contributed by atoms with E-state index in [0.717, 1.165) is 0 Å². The number of carbonyl (C=O) groups excluding carboxylic acids is 2. The van der Waals surface area contributed by atoms with Crippen LogP contribution in [0, 0.1) is 18.7 Å². The number of ether oxygens (including phenoxy) is 1. The van der Waals surface area contributed by atoms with Crippen LogP contribution in [0.4, 0.5) is 14.6 Å². The summed E-state index contributed by atoms with van der Waals surface area (Å²) >= 11 is 0. The van der Waals surface area contributed by atoms with Gasteiger partial charge in [0.2, 0.25) is 0 Å². The number of nitrogens with zero attached hydrogens (tertiary/aromatic N) is 2. The second kappa shape index (κ2) is 6.50. The van der Waals surface area contributed by atoms with Crippen LogP contribution in [0.1, 0.15) is 36.6 Å². The molecule has 1 amide bonds. The maximum Gasteiger partial charge on any atom is 0.295 e. The third-order valence-corrected chi connectivity index (χ3v) is 5.85. The van der Waals surface area contributed by atoms with Crippen molar-refractivity contribution < 1.29 is 27.6 Å². The van der Waals surface area contributed by atoms with E-state index in [2.05, 4.69) is 5.16 Å². The van der Waals surface area contributed by atoms with Crippen LogP contribution in [-0.4, -0.2) is 29.1 Å². The van der Waals surface area contributed by atoms with Crippen molar-refractivity contribution in [3.8, 4) is 0 Å². The molecule has 1 aromatic heterocycles. The number of ketones is 1. The Balaban J connectivity index is 1.67. The van der Waals surface area contributed by atoms with E-state index in [0.29, 0.717) is 12.2 Å². The van der Waals surface area contributed by atoms with Gasteiger partial charge in [-0.2, -0.15) is 0 Å². The Labute approximate surface area is 165 Å². The molecule has 1 fully saturated rings. The van der Waals surface area contributed by atoms with Gasteiger partial charge in [-0.3, -0.25) is 14.5 Å². The molecular weight excluding hydrogens is 382 g/mol. The van der Waals surface area contributed by atoms with E-state index in [1.165, 1.54) is 23.1 Å². The molecule has 4 atom stereocenters. The number of hydrogen-bond donors (Lipinski definition) is 0. The second-order valence-electron chi connectivity index (χ2n) is 7.68. The highest BCUT2D eigenvalue weighted by molar-refractivity contribution is 6.17. The minimum absolute atomic E-state index is 0.0432. The molecule has 3 aliphatic rings. The first-order valence-corrected chi connectivity index (χ1v) is 9.56. The number of aromatic nitrogens is 1. The molecule has 29 heavy (non-hydrogen) atoms. The summed E-state index contributed by atoms with van der Waals surface area (Å²) in [5.41, 5.74) is 0.214. The van der Waals surface area contributed by atoms with Crippen LogP contribution in [0.5, 0.6) is 0 Å². The highest BCUT2D eigenvalue weighted by Gasteiger charge is 2.54. The fourth-order valence-corrected chi connectivity index (χ4v) is 4.51. The van der Waals surface area contributed by atoms with Gasteiger partial charge < -0.3 is 9.26 Å². The van der Waals surface area contributed by atoms with Crippen LogP contribution < -0.4 is 4.90 Å². The minimum atomic E-state index is -1.09. The van der Waals surface area contributed by atoms with Gasteiger partial charge in [-0.15, -0.1) is 0 Å². The topological polar surface area (TPSA) is 72.6 Å². The lowest BCUT2D eigenvalue weighted by atomic mass is 9.77. The first-order chi connectivity index (χ1) is 14.0. The highest BCUT2D eigenvalue weighted by atomic mass is 19.1. The highest BCUT2D eigenvalue weighted by Crippen LogP contribution is 2.48. The van der Waals surface area contributed by atoms with Gasteiger partial charge in [0.05, 0.1) is 17.5 Å². The molecule has 0 radical (unpaired) electrons. The normalized spacial score (nSPS) is 29.0. The van der Waals surface area contributed by atoms with Gasteiger partial charge in [0.25, 0.3) is 5.91 Å². The summed E-state index contributed by atoms with van der Waals surface area (Å²) < 4.78 is 39.7. The standard InChI is InChI=1S/C21H18F2N2O4/c1-10-8-16(24-29-10)25-18(12-4-2-3-5-14(12)23)17-19(26)13-9-11(22)6-7-15(13)28-20(17)21(25)27/h2-5,8,11,13,15,18H,6-7,9H2,1H3. The molecule has 2 aliphatic heterocycles. The van der Waals surface area contributed by atoms with Gasteiger partial charge in [-0.1, -0.05) is 23.4 Å². The van der Waals surface area contributed by atoms with Crippen molar-refractivity contribution in [3.05, 3.63) is 58.8 Å². The summed E-state index contributed by atoms with van der Waals surface area (Å²) in [6, 6.07) is 6.43. The molecule has 1 aliphatic carbocycles. The van der Waals surface area contributed by atoms with Gasteiger partial charge in [0, 0.05) is 11.6 Å². The molecule has 8 heteroatoms. The van der Waals surface area contributed by atoms with Crippen LogP contribution in [0.2, 0.25) is 0 Å². The predicted octanol–water partition coefficient (Wildman–Crippen LogP) is 3.57. The van der Waals surface area contributed by atoms with Crippen molar-refractivity contribution >= 4 is 17.5 Å². The zero-order chi connectivity index (χ0) is 20.3. The molecule has 0 spiro atoms. The number of halogens is 2. The molecule has 6 nitrogen and oxygen atoms in total. The fraction of sp³-hybridized carbons (Fsp3) is 0.381. The Bertz CT molecular complexity index is 1050. The Morgan fingerprint density at radius 1 is 1.21 bits per heavy atom. The average Bonchev–Trinajstić information content (AvgIpc) is 3.24. The zero-order valence-electron chi connectivity index (χ0n) is 15.6. The summed E-state index contributed by atoms with van der Waals surface area (Å²) in [5, 5.41) is 3.89. The molecule has 3 heterocycles. The van der Waals surface area contributed by atoms with Gasteiger partial charge >= 0.3 is 0 Å². The van der Waals surface area contributed by atoms with E-state index in [1.54, 1.807) is 19.1 Å². The second-order valence-corrected chi connectivity index (χ2v) is 7.68. The molecule has 2 aromatic rings. The van der Waals surface area contributed by atoms with E-state index in [4.69, 9.17) is 9.26 Å². The van der Waals surface area contributed by atoms with Crippen LogP contribution in [0.25, 0.3) is 0 Å². The number of aryl methyl sites for hydroxylation is 1. The largest absolute Gasteiger partial charge is 0.483 e. The summed E-state index contributed by atoms with van der Waals surface area (Å²) in [5.74, 6) is -1.64. The van der Waals surface area contributed by atoms with Gasteiger partial charge in [0.15, 0.2) is 17.4 Å². The molecule has 0 bridgehead atoms. The van der Waals surface area contributed by atoms with Crippen molar-refractivity contribution in [3.63, 3.8) is 0 Å². The Hall–Kier alpha value is -3.03. The van der Waals surface area contributed by atoms with Crippen molar-refractivity contribution in [2.24, 2.45) is 5.92 Å². The van der Waals surface area contributed by atoms with Crippen molar-refractivity contribution in [1.29, 1.82) is 0 Å². The lowest BCUT2D eigenvalue weighted by Crippen LogP contribution is -2.42. The third kappa shape index (κ3) is 2.69. The van der Waals surface area contributed by atoms with Gasteiger partial charge in [0.1, 0.15) is 23.9 Å². The molecule has 150 valence electrons. The van der Waals surface area contributed by atoms with Crippen molar-refractivity contribution in [2.45, 2.75) is 44.5 Å². The number of Topliss-reactive ketones (excluding diaryl/α,β-unsaturated/α-hetero) is 1. The molecule has 0 N–H and O–H groups in total. The van der Waals surface area contributed by atoms with E-state index in [9.17, 15) is 18.4 Å². The summed E-state index contributed by atoms with van der Waals surface area (Å²) in [6.45, 7) is 1.67. The molecule has 1 saturated carbocycles. The number of amides is 1. The monoisotopic (exact) mass is 400 g/mol. The number of alkyl halides is 1. The fourth-order valence-electron chi connectivity index (χ4n) is 4.51. The van der Waals surface area contributed by atoms with Gasteiger partial charge in [-0.05, 0) is 32.3 Å². The summed E-state index contributed by atoms with van der Waals surface area (Å²) in [6.07, 6.45) is -0.952. The van der Waals surface area contributed by atoms with Crippen molar-refractivity contribution in [1.82, 2.24) is 5.16 Å². The quantitative estimate of drug-likeness (QED) is 0.771. The maximum atomic E-state index is 14.7.